The summed E-state index contributed by atoms with van der Waals surface area (Å²) in [7, 11) is 0. The molecule has 0 aliphatic carbocycles. The summed E-state index contributed by atoms with van der Waals surface area (Å²) in [4.78, 5) is 49.1. The molecule has 11 N–H and O–H groups in total. The lowest BCUT2D eigenvalue weighted by Crippen LogP contribution is -2.56. The lowest BCUT2D eigenvalue weighted by molar-refractivity contribution is -0.138. The van der Waals surface area contributed by atoms with Gasteiger partial charge >= 0.3 is 5.97 Å². The molecule has 2 rings (SSSR count). The number of hydrogen-bond acceptors (Lipinski definition) is 8. The monoisotopic (exact) mass is 585 g/mol. The number of amides is 3. The number of carboxylic acids is 1. The summed E-state index contributed by atoms with van der Waals surface area (Å²) in [5.41, 5.74) is 18.9. The molecule has 42 heavy (non-hydrogen) atoms. The van der Waals surface area contributed by atoms with Crippen LogP contribution in [0.5, 0.6) is 11.5 Å². The topological polar surface area (TPSA) is 231 Å². The van der Waals surface area contributed by atoms with Crippen molar-refractivity contribution >= 4 is 23.7 Å². The number of carbonyl (C=O) groups is 4. The third-order valence-corrected chi connectivity index (χ3v) is 6.68. The SMILES string of the molecule is CC(C)C[C@H](NC(=O)[C@H](CC(C)C)NC(=O)[C@@H](N)Cc1ccc(O)c(-c2cc(C[C@H](N)C(=O)O)ccc2O)c1)C(N)=O. The van der Waals surface area contributed by atoms with E-state index in [1.165, 1.54) is 18.2 Å². The smallest absolute Gasteiger partial charge is 0.320 e. The molecule has 0 heterocycles. The maximum Gasteiger partial charge on any atom is 0.320 e. The van der Waals surface area contributed by atoms with Gasteiger partial charge in [-0.05, 0) is 72.9 Å². The van der Waals surface area contributed by atoms with Gasteiger partial charge in [0, 0.05) is 11.1 Å². The number of benzene rings is 2. The molecular weight excluding hydrogens is 542 g/mol. The summed E-state index contributed by atoms with van der Waals surface area (Å²) in [6, 6.07) is 4.99. The Kier molecular flexibility index (Phi) is 12.3. The van der Waals surface area contributed by atoms with Crippen LogP contribution in [0.3, 0.4) is 0 Å². The van der Waals surface area contributed by atoms with Crippen molar-refractivity contribution < 1.29 is 34.5 Å². The highest BCUT2D eigenvalue weighted by atomic mass is 16.4. The van der Waals surface area contributed by atoms with Crippen molar-refractivity contribution in [2.45, 2.75) is 77.5 Å². The normalized spacial score (nSPS) is 14.2. The number of carbonyl (C=O) groups excluding carboxylic acids is 3. The van der Waals surface area contributed by atoms with Gasteiger partial charge in [-0.3, -0.25) is 19.2 Å². The molecular formula is C30H43N5O7. The van der Waals surface area contributed by atoms with Crippen LogP contribution in [0.25, 0.3) is 11.1 Å². The van der Waals surface area contributed by atoms with Gasteiger partial charge in [0.1, 0.15) is 29.6 Å². The number of phenols is 2. The molecule has 0 aliphatic heterocycles. The van der Waals surface area contributed by atoms with Crippen molar-refractivity contribution in [1.29, 1.82) is 0 Å². The third-order valence-electron chi connectivity index (χ3n) is 6.68. The zero-order valence-electron chi connectivity index (χ0n) is 24.5. The quantitative estimate of drug-likeness (QED) is 0.149. The predicted molar refractivity (Wildman–Crippen MR) is 158 cm³/mol. The largest absolute Gasteiger partial charge is 0.507 e. The second kappa shape index (κ2) is 15.2. The lowest BCUT2D eigenvalue weighted by atomic mass is 9.95. The molecule has 0 saturated heterocycles. The Morgan fingerprint density at radius 3 is 1.57 bits per heavy atom. The van der Waals surface area contributed by atoms with E-state index in [4.69, 9.17) is 22.3 Å². The first kappa shape index (κ1) is 34.0. The van der Waals surface area contributed by atoms with Crippen LogP contribution in [0.1, 0.15) is 51.7 Å². The van der Waals surface area contributed by atoms with E-state index >= 15 is 0 Å². The summed E-state index contributed by atoms with van der Waals surface area (Å²) in [5, 5.41) is 35.4. The first-order chi connectivity index (χ1) is 19.6. The molecule has 12 heteroatoms. The van der Waals surface area contributed by atoms with Gasteiger partial charge in [0.15, 0.2) is 0 Å². The molecule has 0 fully saturated rings. The standard InChI is InChI=1S/C30H43N5O7/c1-15(2)9-23(27(33)38)34-29(40)24(10-16(3)4)35-28(39)21(31)13-17-5-7-25(36)19(11-17)20-12-18(6-8-26(20)37)14-22(32)30(41)42/h5-8,11-12,15-16,21-24,36-37H,9-10,13-14,31-32H2,1-4H3,(H2,33,38)(H,34,40)(H,35,39)(H,41,42)/t21-,22-,23-,24-/m0/s1. The van der Waals surface area contributed by atoms with Gasteiger partial charge in [-0.2, -0.15) is 0 Å². The number of carboxylic acid groups (broad SMARTS) is 1. The summed E-state index contributed by atoms with van der Waals surface area (Å²) < 4.78 is 0. The van der Waals surface area contributed by atoms with E-state index in [1.807, 2.05) is 27.7 Å². The minimum absolute atomic E-state index is 0.0108. The van der Waals surface area contributed by atoms with Gasteiger partial charge in [-0.15, -0.1) is 0 Å². The number of aliphatic carboxylic acids is 1. The fraction of sp³-hybridized carbons (Fsp3) is 0.467. The van der Waals surface area contributed by atoms with Crippen molar-refractivity contribution in [2.75, 3.05) is 0 Å². The second-order valence-electron chi connectivity index (χ2n) is 11.4. The van der Waals surface area contributed by atoms with E-state index in [2.05, 4.69) is 10.6 Å². The van der Waals surface area contributed by atoms with Crippen molar-refractivity contribution in [3.05, 3.63) is 47.5 Å². The summed E-state index contributed by atoms with van der Waals surface area (Å²) >= 11 is 0. The van der Waals surface area contributed by atoms with Gasteiger partial charge in [0.25, 0.3) is 0 Å². The van der Waals surface area contributed by atoms with Crippen LogP contribution in [0, 0.1) is 11.8 Å². The van der Waals surface area contributed by atoms with Crippen LogP contribution >= 0.6 is 0 Å². The molecule has 0 unspecified atom stereocenters. The molecule has 0 aliphatic rings. The van der Waals surface area contributed by atoms with Gasteiger partial charge in [0.05, 0.1) is 6.04 Å². The fourth-order valence-corrected chi connectivity index (χ4v) is 4.51. The van der Waals surface area contributed by atoms with Crippen LogP contribution in [0.2, 0.25) is 0 Å². The van der Waals surface area contributed by atoms with Crippen molar-refractivity contribution in [3.63, 3.8) is 0 Å². The minimum Gasteiger partial charge on any atom is -0.507 e. The molecule has 2 aromatic rings. The first-order valence-electron chi connectivity index (χ1n) is 13.9. The Morgan fingerprint density at radius 1 is 0.714 bits per heavy atom. The van der Waals surface area contributed by atoms with E-state index in [0.29, 0.717) is 24.0 Å². The Labute approximate surface area is 245 Å². The maximum atomic E-state index is 13.1. The summed E-state index contributed by atoms with van der Waals surface area (Å²) in [6.07, 6.45) is 0.715. The first-order valence-corrected chi connectivity index (χ1v) is 13.9. The molecule has 0 bridgehead atoms. The molecule has 0 spiro atoms. The summed E-state index contributed by atoms with van der Waals surface area (Å²) in [6.45, 7) is 7.58. The fourth-order valence-electron chi connectivity index (χ4n) is 4.51. The number of nitrogens with one attached hydrogen (secondary N) is 2. The average molecular weight is 586 g/mol. The molecule has 230 valence electrons. The van der Waals surface area contributed by atoms with Crippen molar-refractivity contribution in [1.82, 2.24) is 10.6 Å². The van der Waals surface area contributed by atoms with E-state index in [0.717, 1.165) is 0 Å². The Bertz CT molecular complexity index is 1280. The van der Waals surface area contributed by atoms with Crippen LogP contribution in [-0.4, -0.2) is 63.2 Å². The van der Waals surface area contributed by atoms with Crippen LogP contribution in [0.4, 0.5) is 0 Å². The zero-order chi connectivity index (χ0) is 31.7. The minimum atomic E-state index is -1.17. The van der Waals surface area contributed by atoms with Crippen LogP contribution in [-0.2, 0) is 32.0 Å². The number of hydrogen-bond donors (Lipinski definition) is 8. The van der Waals surface area contributed by atoms with Gasteiger partial charge in [-0.1, -0.05) is 39.8 Å². The molecule has 12 nitrogen and oxygen atoms in total. The van der Waals surface area contributed by atoms with Gasteiger partial charge in [0.2, 0.25) is 17.7 Å². The number of phenolic OH excluding ortho intramolecular Hbond substituents is 2. The number of nitrogens with two attached hydrogens (primary N) is 3. The highest BCUT2D eigenvalue weighted by Crippen LogP contribution is 2.37. The second-order valence-corrected chi connectivity index (χ2v) is 11.4. The van der Waals surface area contributed by atoms with E-state index in [1.54, 1.807) is 18.2 Å². The molecule has 4 atom stereocenters. The van der Waals surface area contributed by atoms with Crippen LogP contribution < -0.4 is 27.8 Å². The van der Waals surface area contributed by atoms with E-state index in [-0.39, 0.29) is 47.3 Å². The highest BCUT2D eigenvalue weighted by molar-refractivity contribution is 5.92. The summed E-state index contributed by atoms with van der Waals surface area (Å²) in [5.74, 6) is -3.09. The highest BCUT2D eigenvalue weighted by Gasteiger charge is 2.28. The van der Waals surface area contributed by atoms with Gasteiger partial charge < -0.3 is 43.2 Å². The predicted octanol–water partition coefficient (Wildman–Crippen LogP) is 1.14. The van der Waals surface area contributed by atoms with E-state index < -0.39 is 47.9 Å². The van der Waals surface area contributed by atoms with Crippen molar-refractivity contribution in [3.8, 4) is 22.6 Å². The zero-order valence-corrected chi connectivity index (χ0v) is 24.5. The number of primary amides is 1. The average Bonchev–Trinajstić information content (AvgIpc) is 2.89. The maximum absolute atomic E-state index is 13.1. The third kappa shape index (κ3) is 10.0. The van der Waals surface area contributed by atoms with Gasteiger partial charge in [-0.25, -0.2) is 0 Å². The molecule has 3 amide bonds. The van der Waals surface area contributed by atoms with E-state index in [9.17, 15) is 29.4 Å². The Morgan fingerprint density at radius 2 is 1.14 bits per heavy atom. The molecule has 0 aromatic heterocycles. The Balaban J connectivity index is 2.22. The molecule has 2 aromatic carbocycles. The Hall–Kier alpha value is -4.16. The number of aromatic hydroxyl groups is 2. The van der Waals surface area contributed by atoms with Crippen LogP contribution in [0.15, 0.2) is 36.4 Å². The van der Waals surface area contributed by atoms with Crippen molar-refractivity contribution in [2.24, 2.45) is 29.0 Å². The molecule has 0 saturated carbocycles. The molecule has 0 radical (unpaired) electrons. The lowest BCUT2D eigenvalue weighted by Gasteiger charge is -2.25. The number of rotatable bonds is 15.